The molecule has 156 valence electrons. The first kappa shape index (κ1) is 21.6. The van der Waals surface area contributed by atoms with Gasteiger partial charge in [0, 0.05) is 37.0 Å². The van der Waals surface area contributed by atoms with Gasteiger partial charge in [0.15, 0.2) is 0 Å². The number of aliphatic imine (C=N–C) groups is 2. The molecule has 0 spiro atoms. The number of fused-ring (bicyclic) bond motifs is 1. The molecule has 0 aliphatic heterocycles. The van der Waals surface area contributed by atoms with Crippen molar-refractivity contribution in [3.63, 3.8) is 0 Å². The van der Waals surface area contributed by atoms with Crippen LogP contribution in [0.5, 0.6) is 0 Å². The number of carbonyl (C=O) groups excluding carboxylic acids is 3. The van der Waals surface area contributed by atoms with Crippen LogP contribution in [0, 0.1) is 0 Å². The molecule has 1 aromatic carbocycles. The minimum Gasteiger partial charge on any atom is -0.361 e. The second-order valence-electron chi connectivity index (χ2n) is 6.84. The van der Waals surface area contributed by atoms with Gasteiger partial charge in [-0.1, -0.05) is 36.4 Å². The summed E-state index contributed by atoms with van der Waals surface area (Å²) in [5.41, 5.74) is 2.61. The highest BCUT2D eigenvalue weighted by atomic mass is 16.2. The number of H-pyrrole nitrogens is 1. The molecule has 0 saturated carbocycles. The molecule has 1 atom stereocenters. The predicted molar refractivity (Wildman–Crippen MR) is 121 cm³/mol. The van der Waals surface area contributed by atoms with Gasteiger partial charge in [-0.15, -0.1) is 6.58 Å². The zero-order valence-corrected chi connectivity index (χ0v) is 17.1. The number of aromatic amines is 1. The van der Waals surface area contributed by atoms with E-state index in [0.717, 1.165) is 23.4 Å². The van der Waals surface area contributed by atoms with Crippen molar-refractivity contribution < 1.29 is 14.4 Å². The topological polar surface area (TPSA) is 104 Å². The van der Waals surface area contributed by atoms with Crippen molar-refractivity contribution in [3.8, 4) is 0 Å². The van der Waals surface area contributed by atoms with Gasteiger partial charge in [-0.05, 0) is 29.7 Å². The van der Waals surface area contributed by atoms with Crippen LogP contribution in [-0.4, -0.2) is 46.7 Å². The molecule has 0 bridgehead atoms. The fourth-order valence-electron chi connectivity index (χ4n) is 3.00. The van der Waals surface area contributed by atoms with Crippen LogP contribution in [-0.2, 0) is 20.8 Å². The van der Waals surface area contributed by atoms with E-state index >= 15 is 0 Å². The highest BCUT2D eigenvalue weighted by Crippen LogP contribution is 2.20. The van der Waals surface area contributed by atoms with Gasteiger partial charge in [0.1, 0.15) is 6.04 Å². The van der Waals surface area contributed by atoms with E-state index in [1.165, 1.54) is 0 Å². The zero-order valence-electron chi connectivity index (χ0n) is 17.1. The highest BCUT2D eigenvalue weighted by Gasteiger charge is 2.19. The molecule has 3 rings (SSSR count). The van der Waals surface area contributed by atoms with Gasteiger partial charge in [0.25, 0.3) is 0 Å². The van der Waals surface area contributed by atoms with Crippen LogP contribution in [0.25, 0.3) is 10.9 Å². The first-order valence-corrected chi connectivity index (χ1v) is 9.74. The Labute approximate surface area is 179 Å². The van der Waals surface area contributed by atoms with E-state index in [4.69, 9.17) is 0 Å². The SMILES string of the molecule is C=CCNC(=O)[C@H](Cc1c[nH]c2ccccc12)N=C=C1C=CC=CC1=NC(=O)C(C)=O. The van der Waals surface area contributed by atoms with Gasteiger partial charge in [0.2, 0.25) is 11.7 Å². The quantitative estimate of drug-likeness (QED) is 0.413. The number of hydrogen-bond acceptors (Lipinski definition) is 4. The average Bonchev–Trinajstić information content (AvgIpc) is 3.18. The molecule has 31 heavy (non-hydrogen) atoms. The zero-order chi connectivity index (χ0) is 22.2. The summed E-state index contributed by atoms with van der Waals surface area (Å²) < 4.78 is 0. The first-order valence-electron chi connectivity index (χ1n) is 9.74. The Morgan fingerprint density at radius 2 is 2.00 bits per heavy atom. The third-order valence-corrected chi connectivity index (χ3v) is 4.58. The Kier molecular flexibility index (Phi) is 7.04. The summed E-state index contributed by atoms with van der Waals surface area (Å²) in [4.78, 5) is 47.1. The molecular formula is C24H22N4O3. The fraction of sp³-hybridized carbons (Fsp3) is 0.167. The summed E-state index contributed by atoms with van der Waals surface area (Å²) >= 11 is 0. The Morgan fingerprint density at radius 1 is 1.23 bits per heavy atom. The summed E-state index contributed by atoms with van der Waals surface area (Å²) in [6.45, 7) is 5.10. The lowest BCUT2D eigenvalue weighted by Gasteiger charge is -2.11. The Morgan fingerprint density at radius 3 is 2.77 bits per heavy atom. The van der Waals surface area contributed by atoms with Gasteiger partial charge in [-0.2, -0.15) is 0 Å². The molecule has 1 aliphatic carbocycles. The predicted octanol–water partition coefficient (Wildman–Crippen LogP) is 2.66. The van der Waals surface area contributed by atoms with Crippen LogP contribution in [0.2, 0.25) is 0 Å². The number of amides is 2. The van der Waals surface area contributed by atoms with Gasteiger partial charge >= 0.3 is 5.91 Å². The van der Waals surface area contributed by atoms with E-state index in [1.807, 2.05) is 30.5 Å². The standard InChI is InChI=1S/C24H22N4O3/c1-3-12-25-24(31)22(13-18-15-26-21-11-7-5-9-19(18)21)27-14-17-8-4-6-10-20(17)28-23(30)16(2)29/h3-11,15,22,26H,1,12-13H2,2H3,(H,25,31)/t22-/m0/s1. The lowest BCUT2D eigenvalue weighted by Crippen LogP contribution is -2.35. The lowest BCUT2D eigenvalue weighted by atomic mass is 10.0. The number of aromatic nitrogens is 1. The Bertz CT molecular complexity index is 1190. The fourth-order valence-corrected chi connectivity index (χ4v) is 3.00. The second-order valence-corrected chi connectivity index (χ2v) is 6.84. The molecule has 2 N–H and O–H groups in total. The monoisotopic (exact) mass is 414 g/mol. The molecule has 0 saturated heterocycles. The van der Waals surface area contributed by atoms with Crippen molar-refractivity contribution in [2.75, 3.05) is 6.54 Å². The molecule has 1 aliphatic rings. The number of ketones is 1. The smallest absolute Gasteiger partial charge is 0.313 e. The van der Waals surface area contributed by atoms with Crippen LogP contribution in [0.3, 0.4) is 0 Å². The summed E-state index contributed by atoms with van der Waals surface area (Å²) in [5.74, 6) is 1.06. The Hall–Kier alpha value is -4.09. The number of allylic oxidation sites excluding steroid dienone is 5. The molecule has 0 fully saturated rings. The molecule has 0 radical (unpaired) electrons. The molecule has 0 unspecified atom stereocenters. The number of Topliss-reactive ketones (excluding diaryl/α,β-unsaturated/α-hetero) is 1. The van der Waals surface area contributed by atoms with Crippen molar-refractivity contribution in [3.05, 3.63) is 78.6 Å². The number of hydrogen-bond donors (Lipinski definition) is 2. The third kappa shape index (κ3) is 5.50. The summed E-state index contributed by atoms with van der Waals surface area (Å²) in [7, 11) is 0. The van der Waals surface area contributed by atoms with Crippen molar-refractivity contribution in [2.45, 2.75) is 19.4 Å². The number of para-hydroxylation sites is 1. The molecule has 1 aromatic heterocycles. The minimum absolute atomic E-state index is 0.267. The normalized spacial score (nSPS) is 14.9. The third-order valence-electron chi connectivity index (χ3n) is 4.58. The van der Waals surface area contributed by atoms with Crippen LogP contribution in [0.1, 0.15) is 12.5 Å². The maximum absolute atomic E-state index is 12.7. The van der Waals surface area contributed by atoms with Crippen LogP contribution in [0.15, 0.2) is 83.0 Å². The molecule has 7 nitrogen and oxygen atoms in total. The number of carbonyl (C=O) groups is 3. The van der Waals surface area contributed by atoms with Crippen molar-refractivity contribution in [2.24, 2.45) is 9.98 Å². The lowest BCUT2D eigenvalue weighted by molar-refractivity contribution is -0.134. The van der Waals surface area contributed by atoms with E-state index in [1.54, 1.807) is 30.4 Å². The van der Waals surface area contributed by atoms with E-state index in [9.17, 15) is 14.4 Å². The van der Waals surface area contributed by atoms with Gasteiger partial charge in [-0.3, -0.25) is 14.4 Å². The molecule has 7 heteroatoms. The minimum atomic E-state index is -0.853. The van der Waals surface area contributed by atoms with Gasteiger partial charge in [0.05, 0.1) is 11.3 Å². The summed E-state index contributed by atoms with van der Waals surface area (Å²) in [6, 6.07) is 7.06. The first-order chi connectivity index (χ1) is 15.0. The van der Waals surface area contributed by atoms with Gasteiger partial charge < -0.3 is 10.3 Å². The van der Waals surface area contributed by atoms with E-state index < -0.39 is 17.7 Å². The number of nitrogens with one attached hydrogen (secondary N) is 2. The van der Waals surface area contributed by atoms with Crippen molar-refractivity contribution in [1.82, 2.24) is 10.3 Å². The van der Waals surface area contributed by atoms with Crippen LogP contribution in [0.4, 0.5) is 0 Å². The van der Waals surface area contributed by atoms with Crippen molar-refractivity contribution >= 4 is 40.1 Å². The molecule has 2 amide bonds. The average molecular weight is 414 g/mol. The van der Waals surface area contributed by atoms with E-state index in [2.05, 4.69) is 32.7 Å². The van der Waals surface area contributed by atoms with Crippen LogP contribution < -0.4 is 5.32 Å². The van der Waals surface area contributed by atoms with Crippen LogP contribution >= 0.6 is 0 Å². The van der Waals surface area contributed by atoms with Crippen molar-refractivity contribution in [1.29, 1.82) is 0 Å². The summed E-state index contributed by atoms with van der Waals surface area (Å²) in [6.07, 6.45) is 10.5. The maximum Gasteiger partial charge on any atom is 0.313 e. The summed E-state index contributed by atoms with van der Waals surface area (Å²) in [5, 5.41) is 3.78. The highest BCUT2D eigenvalue weighted by molar-refractivity contribution is 6.39. The second kappa shape index (κ2) is 10.1. The Balaban J connectivity index is 1.96. The van der Waals surface area contributed by atoms with E-state index in [0.29, 0.717) is 18.5 Å². The number of nitrogens with zero attached hydrogens (tertiary/aromatic N) is 2. The molecular weight excluding hydrogens is 392 g/mol. The molecule has 1 heterocycles. The number of rotatable bonds is 7. The van der Waals surface area contributed by atoms with E-state index in [-0.39, 0.29) is 11.6 Å². The number of benzene rings is 1. The largest absolute Gasteiger partial charge is 0.361 e. The molecule has 2 aromatic rings. The van der Waals surface area contributed by atoms with Gasteiger partial charge in [-0.25, -0.2) is 9.98 Å². The maximum atomic E-state index is 12.7.